The Hall–Kier alpha value is -1.10. The molecule has 0 aromatic heterocycles. The topological polar surface area (TPSA) is 75.4 Å². The minimum absolute atomic E-state index is 0.0142. The zero-order valence-corrected chi connectivity index (χ0v) is 14.8. The number of primary amides is 1. The van der Waals surface area contributed by atoms with Crippen LogP contribution in [0, 0.1) is 23.7 Å². The number of likely N-dealkylation sites (tertiary alicyclic amines) is 1. The smallest absolute Gasteiger partial charge is 0.237 e. The lowest BCUT2D eigenvalue weighted by Gasteiger charge is -2.57. The molecule has 5 aliphatic rings. The molecule has 1 heterocycles. The van der Waals surface area contributed by atoms with Gasteiger partial charge < -0.3 is 11.1 Å². The van der Waals surface area contributed by atoms with Crippen LogP contribution in [0.5, 0.6) is 0 Å². The number of carbonyl (C=O) groups is 2. The zero-order valence-electron chi connectivity index (χ0n) is 14.8. The predicted molar refractivity (Wildman–Crippen MR) is 92.0 cm³/mol. The van der Waals surface area contributed by atoms with Crippen molar-refractivity contribution in [1.29, 1.82) is 0 Å². The van der Waals surface area contributed by atoms with Gasteiger partial charge in [-0.25, -0.2) is 0 Å². The van der Waals surface area contributed by atoms with Crippen molar-refractivity contribution in [2.24, 2.45) is 29.4 Å². The molecule has 1 aliphatic heterocycles. The molecule has 0 unspecified atom stereocenters. The van der Waals surface area contributed by atoms with Crippen molar-refractivity contribution in [2.75, 3.05) is 13.1 Å². The summed E-state index contributed by atoms with van der Waals surface area (Å²) in [6.45, 7) is 3.60. The van der Waals surface area contributed by atoms with Crippen LogP contribution in [0.3, 0.4) is 0 Å². The standard InChI is InChI=1S/C19H31N3O2/c1-12(22-4-2-16(3-5-22)17(20)23)18(24)21-19-9-13-6-14(10-19)8-15(7-13)11-19/h12-16H,2-11H2,1H3,(H2,20,23)(H,21,24)/t12-,13?,14?,15?,19?/m1/s1. The largest absolute Gasteiger partial charge is 0.369 e. The lowest BCUT2D eigenvalue weighted by Crippen LogP contribution is -2.62. The van der Waals surface area contributed by atoms with E-state index < -0.39 is 0 Å². The Bertz CT molecular complexity index is 489. The molecule has 0 spiro atoms. The van der Waals surface area contributed by atoms with E-state index in [1.54, 1.807) is 0 Å². The number of amides is 2. The van der Waals surface area contributed by atoms with Gasteiger partial charge in [0.1, 0.15) is 0 Å². The van der Waals surface area contributed by atoms with E-state index >= 15 is 0 Å². The van der Waals surface area contributed by atoms with Gasteiger partial charge in [-0.05, 0) is 89.1 Å². The average Bonchev–Trinajstić information content (AvgIpc) is 2.52. The summed E-state index contributed by atoms with van der Waals surface area (Å²) in [5.74, 6) is 2.52. The van der Waals surface area contributed by atoms with Crippen molar-refractivity contribution in [3.63, 3.8) is 0 Å². The van der Waals surface area contributed by atoms with Gasteiger partial charge >= 0.3 is 0 Å². The fraction of sp³-hybridized carbons (Fsp3) is 0.895. The second-order valence-electron chi connectivity index (χ2n) is 9.08. The molecule has 5 heteroatoms. The van der Waals surface area contributed by atoms with Crippen LogP contribution in [0.1, 0.15) is 58.3 Å². The van der Waals surface area contributed by atoms with E-state index in [4.69, 9.17) is 5.73 Å². The van der Waals surface area contributed by atoms with Crippen molar-refractivity contribution in [3.8, 4) is 0 Å². The number of piperidine rings is 1. The maximum Gasteiger partial charge on any atom is 0.237 e. The first-order valence-corrected chi connectivity index (χ1v) is 9.79. The van der Waals surface area contributed by atoms with Crippen molar-refractivity contribution in [2.45, 2.75) is 69.9 Å². The zero-order chi connectivity index (χ0) is 16.9. The number of nitrogens with two attached hydrogens (primary N) is 1. The molecule has 4 aliphatic carbocycles. The number of rotatable bonds is 4. The fourth-order valence-electron chi connectivity index (χ4n) is 6.37. The highest BCUT2D eigenvalue weighted by atomic mass is 16.2. The van der Waals surface area contributed by atoms with Gasteiger partial charge in [0.15, 0.2) is 0 Å². The Balaban J connectivity index is 1.35. The van der Waals surface area contributed by atoms with E-state index in [1.807, 2.05) is 6.92 Å². The molecular weight excluding hydrogens is 302 g/mol. The maximum absolute atomic E-state index is 12.9. The molecule has 24 heavy (non-hydrogen) atoms. The Morgan fingerprint density at radius 2 is 1.54 bits per heavy atom. The SMILES string of the molecule is C[C@H](C(=O)NC12CC3CC(CC(C3)C1)C2)N1CCC(C(N)=O)CC1. The molecule has 0 aromatic carbocycles. The summed E-state index contributed by atoms with van der Waals surface area (Å²) in [7, 11) is 0. The first kappa shape index (κ1) is 16.4. The van der Waals surface area contributed by atoms with E-state index in [0.717, 1.165) is 43.7 Å². The second kappa shape index (κ2) is 6.01. The van der Waals surface area contributed by atoms with Crippen LogP contribution in [0.15, 0.2) is 0 Å². The fourth-order valence-corrected chi connectivity index (χ4v) is 6.37. The molecule has 4 bridgehead atoms. The highest BCUT2D eigenvalue weighted by Gasteiger charge is 2.51. The summed E-state index contributed by atoms with van der Waals surface area (Å²) < 4.78 is 0. The molecule has 0 radical (unpaired) electrons. The second-order valence-corrected chi connectivity index (χ2v) is 9.08. The summed E-state index contributed by atoms with van der Waals surface area (Å²) >= 11 is 0. The van der Waals surface area contributed by atoms with Crippen molar-refractivity contribution >= 4 is 11.8 Å². The number of nitrogens with zero attached hydrogens (tertiary/aromatic N) is 1. The molecule has 0 aromatic rings. The lowest BCUT2D eigenvalue weighted by molar-refractivity contribution is -0.132. The minimum Gasteiger partial charge on any atom is -0.369 e. The van der Waals surface area contributed by atoms with Gasteiger partial charge in [-0.3, -0.25) is 14.5 Å². The molecular formula is C19H31N3O2. The van der Waals surface area contributed by atoms with E-state index in [9.17, 15) is 9.59 Å². The van der Waals surface area contributed by atoms with Gasteiger partial charge in [0.05, 0.1) is 6.04 Å². The number of hydrogen-bond donors (Lipinski definition) is 2. The number of hydrogen-bond acceptors (Lipinski definition) is 3. The predicted octanol–water partition coefficient (Wildman–Crippen LogP) is 1.66. The molecule has 1 saturated heterocycles. The molecule has 5 fully saturated rings. The third-order valence-corrected chi connectivity index (χ3v) is 7.29. The summed E-state index contributed by atoms with van der Waals surface area (Å²) in [6, 6.07) is -0.105. The Morgan fingerprint density at radius 3 is 2.00 bits per heavy atom. The van der Waals surface area contributed by atoms with Gasteiger partial charge in [-0.15, -0.1) is 0 Å². The highest BCUT2D eigenvalue weighted by Crippen LogP contribution is 2.55. The van der Waals surface area contributed by atoms with Crippen LogP contribution in [-0.4, -0.2) is 41.4 Å². The van der Waals surface area contributed by atoms with Gasteiger partial charge in [0.2, 0.25) is 11.8 Å². The van der Waals surface area contributed by atoms with Crippen LogP contribution >= 0.6 is 0 Å². The van der Waals surface area contributed by atoms with Gasteiger partial charge in [0.25, 0.3) is 0 Å². The van der Waals surface area contributed by atoms with Gasteiger partial charge in [-0.2, -0.15) is 0 Å². The van der Waals surface area contributed by atoms with Crippen LogP contribution in [0.4, 0.5) is 0 Å². The quantitative estimate of drug-likeness (QED) is 0.821. The first-order chi connectivity index (χ1) is 11.4. The third kappa shape index (κ3) is 2.96. The number of nitrogens with one attached hydrogen (secondary N) is 1. The van der Waals surface area contributed by atoms with E-state index in [-0.39, 0.29) is 29.3 Å². The molecule has 5 rings (SSSR count). The average molecular weight is 333 g/mol. The van der Waals surface area contributed by atoms with Crippen LogP contribution in [-0.2, 0) is 9.59 Å². The van der Waals surface area contributed by atoms with Crippen LogP contribution in [0.2, 0.25) is 0 Å². The number of carbonyl (C=O) groups excluding carboxylic acids is 2. The summed E-state index contributed by atoms with van der Waals surface area (Å²) in [5, 5.41) is 3.48. The molecule has 4 saturated carbocycles. The van der Waals surface area contributed by atoms with Crippen LogP contribution in [0.25, 0.3) is 0 Å². The lowest BCUT2D eigenvalue weighted by atomic mass is 9.53. The summed E-state index contributed by atoms with van der Waals surface area (Å²) in [6.07, 6.45) is 9.33. The minimum atomic E-state index is -0.194. The van der Waals surface area contributed by atoms with Crippen molar-refractivity contribution in [1.82, 2.24) is 10.2 Å². The van der Waals surface area contributed by atoms with Gasteiger partial charge in [0, 0.05) is 11.5 Å². The van der Waals surface area contributed by atoms with E-state index in [2.05, 4.69) is 10.2 Å². The van der Waals surface area contributed by atoms with Gasteiger partial charge in [-0.1, -0.05) is 0 Å². The Labute approximate surface area is 144 Å². The van der Waals surface area contributed by atoms with Crippen molar-refractivity contribution < 1.29 is 9.59 Å². The highest BCUT2D eigenvalue weighted by molar-refractivity contribution is 5.82. The van der Waals surface area contributed by atoms with E-state index in [1.165, 1.54) is 38.5 Å². The maximum atomic E-state index is 12.9. The normalized spacial score (nSPS) is 40.5. The van der Waals surface area contributed by atoms with Crippen molar-refractivity contribution in [3.05, 3.63) is 0 Å². The molecule has 134 valence electrons. The van der Waals surface area contributed by atoms with E-state index in [0.29, 0.717) is 0 Å². The molecule has 2 amide bonds. The molecule has 1 atom stereocenters. The Morgan fingerprint density at radius 1 is 1.04 bits per heavy atom. The Kier molecular flexibility index (Phi) is 4.10. The summed E-state index contributed by atoms with van der Waals surface area (Å²) in [5.41, 5.74) is 5.50. The van der Waals surface area contributed by atoms with Crippen LogP contribution < -0.4 is 11.1 Å². The third-order valence-electron chi connectivity index (χ3n) is 7.29. The molecule has 3 N–H and O–H groups in total. The summed E-state index contributed by atoms with van der Waals surface area (Å²) in [4.78, 5) is 26.4. The monoisotopic (exact) mass is 333 g/mol. The first-order valence-electron chi connectivity index (χ1n) is 9.79. The molecule has 5 nitrogen and oxygen atoms in total.